The fourth-order valence-electron chi connectivity index (χ4n) is 1.69. The van der Waals surface area contributed by atoms with E-state index in [0.29, 0.717) is 25.0 Å². The van der Waals surface area contributed by atoms with Crippen molar-refractivity contribution in [3.63, 3.8) is 0 Å². The molecule has 0 radical (unpaired) electrons. The molecule has 0 aliphatic heterocycles. The van der Waals surface area contributed by atoms with Crippen LogP contribution in [-0.4, -0.2) is 25.3 Å². The molecule has 0 amide bonds. The SMILES string of the molecule is COCCCOc1ccc2ccc(CCl)cc2n1. The first kappa shape index (κ1) is 13.1. The first-order chi connectivity index (χ1) is 8.83. The minimum atomic E-state index is 0.497. The van der Waals surface area contributed by atoms with Gasteiger partial charge in [-0.1, -0.05) is 12.1 Å². The van der Waals surface area contributed by atoms with Gasteiger partial charge in [0.1, 0.15) is 0 Å². The van der Waals surface area contributed by atoms with Gasteiger partial charge in [0.25, 0.3) is 0 Å². The number of nitrogens with zero attached hydrogens (tertiary/aromatic N) is 1. The summed E-state index contributed by atoms with van der Waals surface area (Å²) in [5.41, 5.74) is 1.98. The van der Waals surface area contributed by atoms with Crippen LogP contribution in [0.5, 0.6) is 5.88 Å². The number of hydrogen-bond acceptors (Lipinski definition) is 3. The number of aromatic nitrogens is 1. The van der Waals surface area contributed by atoms with Crippen molar-refractivity contribution in [3.05, 3.63) is 35.9 Å². The number of halogens is 1. The summed E-state index contributed by atoms with van der Waals surface area (Å²) in [7, 11) is 1.68. The fourth-order valence-corrected chi connectivity index (χ4v) is 1.85. The summed E-state index contributed by atoms with van der Waals surface area (Å²) in [5, 5.41) is 1.09. The summed E-state index contributed by atoms with van der Waals surface area (Å²) < 4.78 is 10.5. The molecule has 0 bridgehead atoms. The van der Waals surface area contributed by atoms with Gasteiger partial charge in [0.05, 0.1) is 12.1 Å². The lowest BCUT2D eigenvalue weighted by atomic mass is 10.1. The zero-order chi connectivity index (χ0) is 12.8. The van der Waals surface area contributed by atoms with Gasteiger partial charge < -0.3 is 9.47 Å². The van der Waals surface area contributed by atoms with Gasteiger partial charge in [-0.2, -0.15) is 0 Å². The minimum absolute atomic E-state index is 0.497. The first-order valence-corrected chi connectivity index (χ1v) is 6.44. The maximum Gasteiger partial charge on any atom is 0.213 e. The quantitative estimate of drug-likeness (QED) is 0.593. The Morgan fingerprint density at radius 3 is 2.78 bits per heavy atom. The van der Waals surface area contributed by atoms with Crippen molar-refractivity contribution >= 4 is 22.5 Å². The monoisotopic (exact) mass is 265 g/mol. The molecule has 1 heterocycles. The number of ether oxygens (including phenoxy) is 2. The van der Waals surface area contributed by atoms with Crippen LogP contribution < -0.4 is 4.74 Å². The largest absolute Gasteiger partial charge is 0.478 e. The molecule has 18 heavy (non-hydrogen) atoms. The summed E-state index contributed by atoms with van der Waals surface area (Å²) >= 11 is 5.81. The molecule has 2 rings (SSSR count). The Labute approximate surface area is 112 Å². The number of alkyl halides is 1. The molecule has 0 aliphatic carbocycles. The summed E-state index contributed by atoms with van der Waals surface area (Å²) in [4.78, 5) is 4.46. The lowest BCUT2D eigenvalue weighted by molar-refractivity contribution is 0.170. The molecule has 0 N–H and O–H groups in total. The van der Waals surface area contributed by atoms with Gasteiger partial charge in [0.2, 0.25) is 5.88 Å². The lowest BCUT2D eigenvalue weighted by Crippen LogP contribution is -2.02. The van der Waals surface area contributed by atoms with Gasteiger partial charge in [-0.05, 0) is 17.7 Å². The zero-order valence-electron chi connectivity index (χ0n) is 10.4. The molecule has 2 aromatic rings. The standard InChI is InChI=1S/C14H16ClNO2/c1-17-7-2-8-18-14-6-5-12-4-3-11(10-15)9-13(12)16-14/h3-6,9H,2,7-8,10H2,1H3. The van der Waals surface area contributed by atoms with E-state index in [1.54, 1.807) is 7.11 Å². The number of hydrogen-bond donors (Lipinski definition) is 0. The summed E-state index contributed by atoms with van der Waals surface area (Å²) in [6.07, 6.45) is 0.859. The minimum Gasteiger partial charge on any atom is -0.478 e. The van der Waals surface area contributed by atoms with Crippen LogP contribution in [-0.2, 0) is 10.6 Å². The van der Waals surface area contributed by atoms with Crippen LogP contribution in [0, 0.1) is 0 Å². The highest BCUT2D eigenvalue weighted by Gasteiger charge is 2.00. The normalized spacial score (nSPS) is 10.8. The molecule has 96 valence electrons. The highest BCUT2D eigenvalue weighted by Crippen LogP contribution is 2.19. The van der Waals surface area contributed by atoms with Gasteiger partial charge in [0, 0.05) is 37.5 Å². The van der Waals surface area contributed by atoms with Crippen LogP contribution in [0.25, 0.3) is 10.9 Å². The highest BCUT2D eigenvalue weighted by atomic mass is 35.5. The average molecular weight is 266 g/mol. The lowest BCUT2D eigenvalue weighted by Gasteiger charge is -2.06. The van der Waals surface area contributed by atoms with Gasteiger partial charge in [-0.3, -0.25) is 0 Å². The average Bonchev–Trinajstić information content (AvgIpc) is 2.42. The van der Waals surface area contributed by atoms with Crippen LogP contribution >= 0.6 is 11.6 Å². The van der Waals surface area contributed by atoms with E-state index in [0.717, 1.165) is 22.9 Å². The third kappa shape index (κ3) is 3.34. The van der Waals surface area contributed by atoms with Crippen LogP contribution in [0.4, 0.5) is 0 Å². The maximum atomic E-state index is 5.81. The van der Waals surface area contributed by atoms with Crippen molar-refractivity contribution in [3.8, 4) is 5.88 Å². The molecule has 0 saturated carbocycles. The molecular weight excluding hydrogens is 250 g/mol. The molecule has 0 unspecified atom stereocenters. The van der Waals surface area contributed by atoms with E-state index in [-0.39, 0.29) is 0 Å². The molecule has 4 heteroatoms. The van der Waals surface area contributed by atoms with E-state index in [2.05, 4.69) is 4.98 Å². The van der Waals surface area contributed by atoms with E-state index < -0.39 is 0 Å². The van der Waals surface area contributed by atoms with E-state index in [1.807, 2.05) is 30.3 Å². The second-order valence-electron chi connectivity index (χ2n) is 4.00. The van der Waals surface area contributed by atoms with E-state index in [9.17, 15) is 0 Å². The van der Waals surface area contributed by atoms with Gasteiger partial charge in [-0.25, -0.2) is 4.98 Å². The Balaban J connectivity index is 2.10. The Bertz CT molecular complexity index is 516. The van der Waals surface area contributed by atoms with Crippen LogP contribution in [0.1, 0.15) is 12.0 Å². The predicted molar refractivity (Wildman–Crippen MR) is 73.3 cm³/mol. The number of benzene rings is 1. The van der Waals surface area contributed by atoms with Crippen LogP contribution in [0.2, 0.25) is 0 Å². The van der Waals surface area contributed by atoms with Crippen LogP contribution in [0.3, 0.4) is 0 Å². The van der Waals surface area contributed by atoms with Gasteiger partial charge in [0.15, 0.2) is 0 Å². The number of rotatable bonds is 6. The van der Waals surface area contributed by atoms with Crippen LogP contribution in [0.15, 0.2) is 30.3 Å². The van der Waals surface area contributed by atoms with Crippen molar-refractivity contribution in [2.24, 2.45) is 0 Å². The van der Waals surface area contributed by atoms with Gasteiger partial charge >= 0.3 is 0 Å². The molecule has 0 aliphatic rings. The van der Waals surface area contributed by atoms with Gasteiger partial charge in [-0.15, -0.1) is 11.6 Å². The number of fused-ring (bicyclic) bond motifs is 1. The zero-order valence-corrected chi connectivity index (χ0v) is 11.1. The van der Waals surface area contributed by atoms with E-state index in [4.69, 9.17) is 21.1 Å². The fraction of sp³-hybridized carbons (Fsp3) is 0.357. The molecule has 1 aromatic heterocycles. The Kier molecular flexibility index (Phi) is 4.79. The molecule has 0 spiro atoms. The third-order valence-corrected chi connectivity index (χ3v) is 2.94. The molecule has 0 saturated heterocycles. The maximum absolute atomic E-state index is 5.81. The number of methoxy groups -OCH3 is 1. The summed E-state index contributed by atoms with van der Waals surface area (Å²) in [5.74, 6) is 1.14. The first-order valence-electron chi connectivity index (χ1n) is 5.91. The molecule has 0 atom stereocenters. The Morgan fingerprint density at radius 1 is 1.17 bits per heavy atom. The second-order valence-corrected chi connectivity index (χ2v) is 4.27. The van der Waals surface area contributed by atoms with Crippen molar-refractivity contribution in [1.29, 1.82) is 0 Å². The van der Waals surface area contributed by atoms with E-state index >= 15 is 0 Å². The van der Waals surface area contributed by atoms with E-state index in [1.165, 1.54) is 0 Å². The van der Waals surface area contributed by atoms with Crippen molar-refractivity contribution < 1.29 is 9.47 Å². The second kappa shape index (κ2) is 6.57. The Hall–Kier alpha value is -1.32. The summed E-state index contributed by atoms with van der Waals surface area (Å²) in [6.45, 7) is 1.31. The predicted octanol–water partition coefficient (Wildman–Crippen LogP) is 3.39. The molecule has 1 aromatic carbocycles. The molecule has 3 nitrogen and oxygen atoms in total. The number of pyridine rings is 1. The Morgan fingerprint density at radius 2 is 2.00 bits per heavy atom. The third-order valence-electron chi connectivity index (χ3n) is 2.63. The molecular formula is C14H16ClNO2. The van der Waals surface area contributed by atoms with Crippen molar-refractivity contribution in [2.45, 2.75) is 12.3 Å². The van der Waals surface area contributed by atoms with Crippen molar-refractivity contribution in [1.82, 2.24) is 4.98 Å². The topological polar surface area (TPSA) is 31.4 Å². The highest BCUT2D eigenvalue weighted by molar-refractivity contribution is 6.17. The molecule has 0 fully saturated rings. The summed E-state index contributed by atoms with van der Waals surface area (Å²) in [6, 6.07) is 9.91. The smallest absolute Gasteiger partial charge is 0.213 e. The van der Waals surface area contributed by atoms with Crippen molar-refractivity contribution in [2.75, 3.05) is 20.3 Å².